The number of hydrogen-bond acceptors (Lipinski definition) is 3. The minimum atomic E-state index is -0.542. The molecule has 0 radical (unpaired) electrons. The number of carbonyl (C=O) groups excluding carboxylic acids is 3. The molecule has 2 aliphatic rings. The van der Waals surface area contributed by atoms with Crippen LogP contribution >= 0.6 is 0 Å². The molecule has 0 spiro atoms. The maximum Gasteiger partial charge on any atom is 0.317 e. The van der Waals surface area contributed by atoms with Crippen LogP contribution in [0.5, 0.6) is 0 Å². The quantitative estimate of drug-likeness (QED) is 0.670. The minimum absolute atomic E-state index is 0.0362. The lowest BCUT2D eigenvalue weighted by Gasteiger charge is -2.34. The molecule has 25 heavy (non-hydrogen) atoms. The Balaban J connectivity index is 1.65. The van der Waals surface area contributed by atoms with E-state index in [1.807, 2.05) is 25.7 Å². The summed E-state index contributed by atoms with van der Waals surface area (Å²) in [5.74, 6) is -0.754. The van der Waals surface area contributed by atoms with Gasteiger partial charge in [-0.15, -0.1) is 0 Å². The maximum atomic E-state index is 12.1. The van der Waals surface area contributed by atoms with E-state index < -0.39 is 11.8 Å². The molecule has 4 amide bonds. The molecule has 1 aliphatic carbocycles. The molecular formula is C18H32N4O3. The molecule has 0 unspecified atom stereocenters. The highest BCUT2D eigenvalue weighted by atomic mass is 16.2. The number of urea groups is 1. The van der Waals surface area contributed by atoms with E-state index in [-0.39, 0.29) is 17.6 Å². The summed E-state index contributed by atoms with van der Waals surface area (Å²) in [6.45, 7) is 7.73. The molecule has 0 aromatic rings. The molecule has 2 fully saturated rings. The van der Waals surface area contributed by atoms with Crippen LogP contribution in [0.3, 0.4) is 0 Å². The molecule has 2 rings (SSSR count). The molecular weight excluding hydrogens is 320 g/mol. The predicted molar refractivity (Wildman–Crippen MR) is 96.0 cm³/mol. The Morgan fingerprint density at radius 1 is 0.960 bits per heavy atom. The van der Waals surface area contributed by atoms with Crippen LogP contribution in [0.1, 0.15) is 59.3 Å². The summed E-state index contributed by atoms with van der Waals surface area (Å²) in [6.07, 6.45) is 5.84. The number of piperidine rings is 1. The molecule has 0 atom stereocenters. The van der Waals surface area contributed by atoms with Crippen molar-refractivity contribution in [2.45, 2.75) is 70.9 Å². The van der Waals surface area contributed by atoms with Gasteiger partial charge in [0.15, 0.2) is 0 Å². The molecule has 3 N–H and O–H groups in total. The molecule has 0 aromatic heterocycles. The Labute approximate surface area is 150 Å². The summed E-state index contributed by atoms with van der Waals surface area (Å²) in [7, 11) is 0. The Morgan fingerprint density at radius 2 is 1.56 bits per heavy atom. The van der Waals surface area contributed by atoms with Crippen molar-refractivity contribution in [3.05, 3.63) is 0 Å². The molecule has 1 aliphatic heterocycles. The first kappa shape index (κ1) is 19.5. The lowest BCUT2D eigenvalue weighted by molar-refractivity contribution is -0.139. The van der Waals surface area contributed by atoms with Crippen LogP contribution < -0.4 is 16.0 Å². The van der Waals surface area contributed by atoms with Gasteiger partial charge >= 0.3 is 17.8 Å². The third kappa shape index (κ3) is 6.55. The molecule has 1 saturated carbocycles. The summed E-state index contributed by atoms with van der Waals surface area (Å²) in [6, 6.07) is 0.119. The van der Waals surface area contributed by atoms with Crippen LogP contribution in [-0.4, -0.2) is 54.0 Å². The highest BCUT2D eigenvalue weighted by molar-refractivity contribution is 6.35. The van der Waals surface area contributed by atoms with Gasteiger partial charge in [-0.1, -0.05) is 12.8 Å². The number of rotatable bonds is 3. The summed E-state index contributed by atoms with van der Waals surface area (Å²) >= 11 is 0. The Bertz CT molecular complexity index is 487. The van der Waals surface area contributed by atoms with Crippen LogP contribution in [0.15, 0.2) is 0 Å². The Morgan fingerprint density at radius 3 is 2.12 bits per heavy atom. The van der Waals surface area contributed by atoms with E-state index in [1.54, 1.807) is 0 Å². The highest BCUT2D eigenvalue weighted by Gasteiger charge is 2.26. The van der Waals surface area contributed by atoms with Gasteiger partial charge in [-0.3, -0.25) is 9.59 Å². The largest absolute Gasteiger partial charge is 0.348 e. The van der Waals surface area contributed by atoms with Crippen LogP contribution in [-0.2, 0) is 9.59 Å². The molecule has 1 heterocycles. The Hall–Kier alpha value is -1.79. The normalized spacial score (nSPS) is 19.6. The Kier molecular flexibility index (Phi) is 6.67. The maximum absolute atomic E-state index is 12.1. The van der Waals surface area contributed by atoms with Crippen molar-refractivity contribution in [3.8, 4) is 0 Å². The van der Waals surface area contributed by atoms with Crippen LogP contribution in [0.25, 0.3) is 0 Å². The van der Waals surface area contributed by atoms with Gasteiger partial charge < -0.3 is 20.9 Å². The summed E-state index contributed by atoms with van der Waals surface area (Å²) in [5, 5.41) is 8.50. The van der Waals surface area contributed by atoms with Gasteiger partial charge in [-0.2, -0.15) is 0 Å². The van der Waals surface area contributed by atoms with E-state index in [0.717, 1.165) is 38.5 Å². The van der Waals surface area contributed by atoms with E-state index in [1.165, 1.54) is 0 Å². The van der Waals surface area contributed by atoms with Crippen molar-refractivity contribution in [1.29, 1.82) is 0 Å². The van der Waals surface area contributed by atoms with Crippen molar-refractivity contribution in [3.63, 3.8) is 0 Å². The molecule has 0 aromatic carbocycles. The number of nitrogens with one attached hydrogen (secondary N) is 3. The molecule has 0 bridgehead atoms. The van der Waals surface area contributed by atoms with E-state index >= 15 is 0 Å². The first-order valence-corrected chi connectivity index (χ1v) is 9.40. The summed E-state index contributed by atoms with van der Waals surface area (Å²) < 4.78 is 0. The standard InChI is InChI=1S/C18H32N4O3/c1-18(2,3)21-17(25)22-10-8-13(9-11-22)12-19-15(23)16(24)20-14-6-4-5-7-14/h13-14H,4-12H2,1-3H3,(H,19,23)(H,20,24)(H,21,25). The molecule has 142 valence electrons. The van der Waals surface area contributed by atoms with E-state index in [0.29, 0.717) is 25.6 Å². The fraction of sp³-hybridized carbons (Fsp3) is 0.833. The first-order valence-electron chi connectivity index (χ1n) is 9.40. The average Bonchev–Trinajstić information content (AvgIpc) is 3.04. The number of nitrogens with zero attached hydrogens (tertiary/aromatic N) is 1. The smallest absolute Gasteiger partial charge is 0.317 e. The third-order valence-corrected chi connectivity index (χ3v) is 4.83. The minimum Gasteiger partial charge on any atom is -0.348 e. The van der Waals surface area contributed by atoms with Gasteiger partial charge in [-0.25, -0.2) is 4.79 Å². The van der Waals surface area contributed by atoms with E-state index in [2.05, 4.69) is 16.0 Å². The van der Waals surface area contributed by atoms with E-state index in [9.17, 15) is 14.4 Å². The third-order valence-electron chi connectivity index (χ3n) is 4.83. The van der Waals surface area contributed by atoms with Gasteiger partial charge in [-0.05, 0) is 52.4 Å². The second-order valence-electron chi connectivity index (χ2n) is 8.28. The topological polar surface area (TPSA) is 90.5 Å². The zero-order valence-electron chi connectivity index (χ0n) is 15.7. The predicted octanol–water partition coefficient (Wildman–Crippen LogP) is 1.38. The van der Waals surface area contributed by atoms with E-state index in [4.69, 9.17) is 0 Å². The summed E-state index contributed by atoms with van der Waals surface area (Å²) in [5.41, 5.74) is -0.241. The lowest BCUT2D eigenvalue weighted by atomic mass is 9.97. The van der Waals surface area contributed by atoms with Crippen molar-refractivity contribution in [2.75, 3.05) is 19.6 Å². The van der Waals surface area contributed by atoms with Crippen LogP contribution in [0, 0.1) is 5.92 Å². The van der Waals surface area contributed by atoms with Crippen molar-refractivity contribution >= 4 is 17.8 Å². The number of amides is 4. The van der Waals surface area contributed by atoms with Gasteiger partial charge in [0.1, 0.15) is 0 Å². The zero-order chi connectivity index (χ0) is 18.4. The lowest BCUT2D eigenvalue weighted by Crippen LogP contribution is -2.51. The first-order chi connectivity index (χ1) is 11.7. The second kappa shape index (κ2) is 8.54. The van der Waals surface area contributed by atoms with Crippen LogP contribution in [0.2, 0.25) is 0 Å². The van der Waals surface area contributed by atoms with Crippen molar-refractivity contribution < 1.29 is 14.4 Å². The fourth-order valence-corrected chi connectivity index (χ4v) is 3.38. The SMILES string of the molecule is CC(C)(C)NC(=O)N1CCC(CNC(=O)C(=O)NC2CCCC2)CC1. The number of likely N-dealkylation sites (tertiary alicyclic amines) is 1. The zero-order valence-corrected chi connectivity index (χ0v) is 15.7. The highest BCUT2D eigenvalue weighted by Crippen LogP contribution is 2.18. The van der Waals surface area contributed by atoms with Gasteiger partial charge in [0.25, 0.3) is 0 Å². The molecule has 7 heteroatoms. The number of carbonyl (C=O) groups is 3. The molecule has 1 saturated heterocycles. The van der Waals surface area contributed by atoms with Crippen LogP contribution in [0.4, 0.5) is 4.79 Å². The summed E-state index contributed by atoms with van der Waals surface area (Å²) in [4.78, 5) is 37.7. The van der Waals surface area contributed by atoms with Crippen molar-refractivity contribution in [2.24, 2.45) is 5.92 Å². The van der Waals surface area contributed by atoms with Gasteiger partial charge in [0.05, 0.1) is 0 Å². The van der Waals surface area contributed by atoms with Crippen molar-refractivity contribution in [1.82, 2.24) is 20.9 Å². The number of hydrogen-bond donors (Lipinski definition) is 3. The molecule has 7 nitrogen and oxygen atoms in total. The second-order valence-corrected chi connectivity index (χ2v) is 8.28. The fourth-order valence-electron chi connectivity index (χ4n) is 3.38. The van der Waals surface area contributed by atoms with Gasteiger partial charge in [0.2, 0.25) is 0 Å². The monoisotopic (exact) mass is 352 g/mol. The van der Waals surface area contributed by atoms with Gasteiger partial charge in [0, 0.05) is 31.2 Å². The average molecular weight is 352 g/mol.